The first-order valence-electron chi connectivity index (χ1n) is 8.03. The van der Waals surface area contributed by atoms with Crippen LogP contribution in [0.1, 0.15) is 28.2 Å². The molecule has 0 aliphatic rings. The summed E-state index contributed by atoms with van der Waals surface area (Å²) in [5.41, 5.74) is 0.565. The molecule has 0 aliphatic carbocycles. The quantitative estimate of drug-likeness (QED) is 0.474. The maximum Gasteiger partial charge on any atom is 0.343 e. The van der Waals surface area contributed by atoms with Gasteiger partial charge in [-0.1, -0.05) is 5.16 Å². The number of esters is 1. The van der Waals surface area contributed by atoms with E-state index in [0.29, 0.717) is 34.6 Å². The summed E-state index contributed by atoms with van der Waals surface area (Å²) in [6.07, 6.45) is 1.80. The molecule has 0 aliphatic heterocycles. The van der Waals surface area contributed by atoms with Crippen molar-refractivity contribution in [3.05, 3.63) is 44.2 Å². The number of carbonyl (C=O) groups excluding carboxylic acids is 1. The van der Waals surface area contributed by atoms with Crippen LogP contribution in [-0.2, 0) is 25.4 Å². The molecule has 10 nitrogen and oxygen atoms in total. The molecule has 3 heterocycles. The summed E-state index contributed by atoms with van der Waals surface area (Å²) in [4.78, 5) is 41.1. The lowest BCUT2D eigenvalue weighted by Crippen LogP contribution is -2.39. The summed E-state index contributed by atoms with van der Waals surface area (Å²) in [6.45, 7) is 3.46. The molecule has 0 spiro atoms. The second kappa shape index (κ2) is 6.62. The van der Waals surface area contributed by atoms with Crippen molar-refractivity contribution in [3.8, 4) is 0 Å². The summed E-state index contributed by atoms with van der Waals surface area (Å²) in [7, 11) is 3.25. The topological polar surface area (TPSA) is 114 Å². The Morgan fingerprint density at radius 2 is 2.00 bits per heavy atom. The van der Waals surface area contributed by atoms with E-state index in [2.05, 4.69) is 10.1 Å². The predicted molar refractivity (Wildman–Crippen MR) is 91.1 cm³/mol. The number of ether oxygens (including phenoxy) is 1. The molecule has 138 valence electrons. The third-order valence-electron chi connectivity index (χ3n) is 4.20. The Bertz CT molecular complexity index is 1080. The number of imidazole rings is 1. The van der Waals surface area contributed by atoms with Crippen molar-refractivity contribution in [2.75, 3.05) is 6.61 Å². The van der Waals surface area contributed by atoms with Gasteiger partial charge in [0.25, 0.3) is 5.56 Å². The highest BCUT2D eigenvalue weighted by Gasteiger charge is 2.19. The Labute approximate surface area is 147 Å². The van der Waals surface area contributed by atoms with Gasteiger partial charge in [-0.25, -0.2) is 14.6 Å². The van der Waals surface area contributed by atoms with Gasteiger partial charge in [-0.2, -0.15) is 0 Å². The number of aromatic nitrogens is 5. The molecule has 26 heavy (non-hydrogen) atoms. The van der Waals surface area contributed by atoms with Gasteiger partial charge in [-0.15, -0.1) is 0 Å². The number of hydrogen-bond acceptors (Lipinski definition) is 7. The zero-order valence-corrected chi connectivity index (χ0v) is 15.0. The van der Waals surface area contributed by atoms with Crippen LogP contribution in [0.5, 0.6) is 0 Å². The number of carbonyl (C=O) groups is 1. The molecule has 0 amide bonds. The number of rotatable bonds is 5. The van der Waals surface area contributed by atoms with Crippen LogP contribution in [-0.4, -0.2) is 36.4 Å². The molecular formula is C16H19N5O5. The lowest BCUT2D eigenvalue weighted by Gasteiger charge is -2.09. The Morgan fingerprint density at radius 3 is 2.65 bits per heavy atom. The molecular weight excluding hydrogens is 342 g/mol. The number of fused-ring (bicyclic) bond motifs is 1. The monoisotopic (exact) mass is 361 g/mol. The molecule has 0 saturated heterocycles. The van der Waals surface area contributed by atoms with Crippen molar-refractivity contribution in [2.45, 2.75) is 26.8 Å². The lowest BCUT2D eigenvalue weighted by molar-refractivity contribution is 0.0492. The lowest BCUT2D eigenvalue weighted by atomic mass is 10.2. The Hall–Kier alpha value is -3.17. The van der Waals surface area contributed by atoms with E-state index in [1.54, 1.807) is 32.5 Å². The fourth-order valence-corrected chi connectivity index (χ4v) is 2.83. The average Bonchev–Trinajstić information content (AvgIpc) is 3.14. The summed E-state index contributed by atoms with van der Waals surface area (Å²) >= 11 is 0. The Kier molecular flexibility index (Phi) is 4.49. The fraction of sp³-hybridized carbons (Fsp3) is 0.438. The maximum absolute atomic E-state index is 12.5. The van der Waals surface area contributed by atoms with Crippen LogP contribution in [0.2, 0.25) is 0 Å². The van der Waals surface area contributed by atoms with Gasteiger partial charge in [0.05, 0.1) is 18.6 Å². The fourth-order valence-electron chi connectivity index (χ4n) is 2.83. The van der Waals surface area contributed by atoms with Crippen LogP contribution in [0.25, 0.3) is 11.2 Å². The molecule has 0 atom stereocenters. The number of hydrogen-bond donors (Lipinski definition) is 0. The average molecular weight is 361 g/mol. The standard InChI is InChI=1S/C16H19N5O5/c1-9-11(10(2)26-18-9)15(23)25-7-5-6-21-14(22)12-13(17-8-19(12)3)20(4)16(21)24/h8H,5-7H2,1-4H3. The normalized spacial score (nSPS) is 11.2. The van der Waals surface area contributed by atoms with E-state index in [0.717, 1.165) is 4.57 Å². The largest absolute Gasteiger partial charge is 0.462 e. The van der Waals surface area contributed by atoms with E-state index < -0.39 is 17.2 Å². The minimum absolute atomic E-state index is 0.0575. The first kappa shape index (κ1) is 17.6. The molecule has 0 saturated carbocycles. The first-order valence-corrected chi connectivity index (χ1v) is 8.03. The summed E-state index contributed by atoms with van der Waals surface area (Å²) in [5.74, 6) is -0.150. The molecule has 3 aromatic rings. The summed E-state index contributed by atoms with van der Waals surface area (Å²) in [5, 5.41) is 3.70. The second-order valence-corrected chi connectivity index (χ2v) is 6.01. The number of nitrogens with zero attached hydrogens (tertiary/aromatic N) is 5. The molecule has 0 radical (unpaired) electrons. The van der Waals surface area contributed by atoms with E-state index in [-0.39, 0.29) is 13.2 Å². The van der Waals surface area contributed by atoms with Crippen molar-refractivity contribution in [2.24, 2.45) is 14.1 Å². The maximum atomic E-state index is 12.5. The molecule has 0 aromatic carbocycles. The van der Waals surface area contributed by atoms with Crippen LogP contribution in [0.15, 0.2) is 20.4 Å². The van der Waals surface area contributed by atoms with Crippen molar-refractivity contribution < 1.29 is 14.1 Å². The van der Waals surface area contributed by atoms with Gasteiger partial charge in [-0.3, -0.25) is 13.9 Å². The van der Waals surface area contributed by atoms with Gasteiger partial charge in [0.2, 0.25) is 0 Å². The van der Waals surface area contributed by atoms with E-state index in [1.807, 2.05) is 0 Å². The minimum atomic E-state index is -0.538. The minimum Gasteiger partial charge on any atom is -0.462 e. The third-order valence-corrected chi connectivity index (χ3v) is 4.20. The first-order chi connectivity index (χ1) is 12.3. The second-order valence-electron chi connectivity index (χ2n) is 6.01. The molecule has 0 N–H and O–H groups in total. The molecule has 0 fully saturated rings. The van der Waals surface area contributed by atoms with E-state index in [9.17, 15) is 14.4 Å². The van der Waals surface area contributed by atoms with Crippen LogP contribution >= 0.6 is 0 Å². The number of aryl methyl sites for hydroxylation is 4. The Balaban J connectivity index is 1.73. The highest BCUT2D eigenvalue weighted by atomic mass is 16.5. The van der Waals surface area contributed by atoms with Crippen LogP contribution in [0.4, 0.5) is 0 Å². The van der Waals surface area contributed by atoms with Gasteiger partial charge >= 0.3 is 11.7 Å². The van der Waals surface area contributed by atoms with Crippen molar-refractivity contribution >= 4 is 17.1 Å². The molecule has 3 rings (SSSR count). The molecule has 0 bridgehead atoms. The van der Waals surface area contributed by atoms with Crippen molar-refractivity contribution in [1.29, 1.82) is 0 Å². The molecule has 0 unspecified atom stereocenters. The van der Waals surface area contributed by atoms with Gasteiger partial charge < -0.3 is 13.8 Å². The van der Waals surface area contributed by atoms with E-state index >= 15 is 0 Å². The molecule has 3 aromatic heterocycles. The van der Waals surface area contributed by atoms with Gasteiger partial charge in [-0.05, 0) is 20.3 Å². The van der Waals surface area contributed by atoms with E-state index in [1.165, 1.54) is 10.9 Å². The smallest absolute Gasteiger partial charge is 0.343 e. The van der Waals surface area contributed by atoms with Crippen LogP contribution in [0, 0.1) is 13.8 Å². The summed E-state index contributed by atoms with van der Waals surface area (Å²) in [6, 6.07) is 0. The molecule has 10 heteroatoms. The van der Waals surface area contributed by atoms with Gasteiger partial charge in [0, 0.05) is 20.6 Å². The van der Waals surface area contributed by atoms with Crippen molar-refractivity contribution in [1.82, 2.24) is 23.8 Å². The van der Waals surface area contributed by atoms with E-state index in [4.69, 9.17) is 9.26 Å². The predicted octanol–water partition coefficient (Wildman–Crippen LogP) is 0.286. The van der Waals surface area contributed by atoms with Crippen LogP contribution in [0.3, 0.4) is 0 Å². The highest BCUT2D eigenvalue weighted by Crippen LogP contribution is 2.13. The zero-order chi connectivity index (χ0) is 19.0. The van der Waals surface area contributed by atoms with Gasteiger partial charge in [0.15, 0.2) is 11.2 Å². The van der Waals surface area contributed by atoms with Gasteiger partial charge in [0.1, 0.15) is 11.3 Å². The zero-order valence-electron chi connectivity index (χ0n) is 15.0. The van der Waals surface area contributed by atoms with Crippen molar-refractivity contribution in [3.63, 3.8) is 0 Å². The van der Waals surface area contributed by atoms with Crippen LogP contribution < -0.4 is 11.2 Å². The SMILES string of the molecule is Cc1noc(C)c1C(=O)OCCCn1c(=O)c2c(ncn2C)n(C)c1=O. The summed E-state index contributed by atoms with van der Waals surface area (Å²) < 4.78 is 14.1. The highest BCUT2D eigenvalue weighted by molar-refractivity contribution is 5.91. The third kappa shape index (κ3) is 2.83. The Morgan fingerprint density at radius 1 is 1.27 bits per heavy atom.